The molecule has 8 heteroatoms. The highest BCUT2D eigenvalue weighted by atomic mass is 16.5. The molecule has 1 fully saturated rings. The second-order valence-corrected chi connectivity index (χ2v) is 6.24. The fourth-order valence-corrected chi connectivity index (χ4v) is 2.97. The van der Waals surface area contributed by atoms with Gasteiger partial charge in [0.25, 0.3) is 11.8 Å². The lowest BCUT2D eigenvalue weighted by molar-refractivity contribution is 0.0532. The maximum atomic E-state index is 12.7. The molecular formula is C20H21N3O5. The number of amides is 2. The van der Waals surface area contributed by atoms with Gasteiger partial charge in [-0.05, 0) is 30.3 Å². The van der Waals surface area contributed by atoms with Crippen molar-refractivity contribution in [3.8, 4) is 5.75 Å². The number of aromatic nitrogens is 1. The van der Waals surface area contributed by atoms with Gasteiger partial charge in [0.15, 0.2) is 0 Å². The standard InChI is InChI=1S/C20H21N3O5/c1-27-16-5-3-4-14(12-16)18(24)22-8-10-23(11-9-22)19(25)17-7-6-15(13-21-17)20(26)28-2/h3-7,12-13H,8-11H2,1-2H3. The molecule has 0 N–H and O–H groups in total. The van der Waals surface area contributed by atoms with Gasteiger partial charge in [0, 0.05) is 37.9 Å². The Hall–Kier alpha value is -3.42. The Morgan fingerprint density at radius 2 is 1.57 bits per heavy atom. The Morgan fingerprint density at radius 3 is 2.14 bits per heavy atom. The van der Waals surface area contributed by atoms with E-state index < -0.39 is 5.97 Å². The van der Waals surface area contributed by atoms with Crippen LogP contribution in [0.3, 0.4) is 0 Å². The summed E-state index contributed by atoms with van der Waals surface area (Å²) in [7, 11) is 2.84. The van der Waals surface area contributed by atoms with E-state index in [-0.39, 0.29) is 23.1 Å². The number of esters is 1. The molecule has 1 aliphatic heterocycles. The maximum absolute atomic E-state index is 12.7. The lowest BCUT2D eigenvalue weighted by Crippen LogP contribution is -2.50. The van der Waals surface area contributed by atoms with Gasteiger partial charge < -0.3 is 19.3 Å². The molecule has 1 aliphatic rings. The molecule has 2 amide bonds. The highest BCUT2D eigenvalue weighted by molar-refractivity contribution is 5.96. The average molecular weight is 383 g/mol. The number of piperazine rings is 1. The molecule has 0 unspecified atom stereocenters. The van der Waals surface area contributed by atoms with Crippen LogP contribution >= 0.6 is 0 Å². The van der Waals surface area contributed by atoms with E-state index in [1.165, 1.54) is 25.4 Å². The summed E-state index contributed by atoms with van der Waals surface area (Å²) in [5.74, 6) is -0.200. The Labute approximate surface area is 162 Å². The molecule has 0 spiro atoms. The van der Waals surface area contributed by atoms with Crippen LogP contribution in [-0.4, -0.2) is 73.0 Å². The number of rotatable bonds is 4. The molecule has 0 saturated carbocycles. The second-order valence-electron chi connectivity index (χ2n) is 6.24. The van der Waals surface area contributed by atoms with Gasteiger partial charge in [-0.2, -0.15) is 0 Å². The number of ether oxygens (including phenoxy) is 2. The van der Waals surface area contributed by atoms with Crippen LogP contribution in [0, 0.1) is 0 Å². The molecule has 146 valence electrons. The molecule has 0 bridgehead atoms. The minimum absolute atomic E-state index is 0.0912. The first-order valence-electron chi connectivity index (χ1n) is 8.80. The minimum atomic E-state index is -0.504. The van der Waals surface area contributed by atoms with Crippen molar-refractivity contribution in [2.75, 3.05) is 40.4 Å². The van der Waals surface area contributed by atoms with E-state index in [1.807, 2.05) is 0 Å². The zero-order valence-corrected chi connectivity index (χ0v) is 15.8. The molecular weight excluding hydrogens is 362 g/mol. The van der Waals surface area contributed by atoms with Gasteiger partial charge in [0.05, 0.1) is 19.8 Å². The molecule has 1 saturated heterocycles. The summed E-state index contributed by atoms with van der Waals surface area (Å²) in [4.78, 5) is 44.1. The van der Waals surface area contributed by atoms with Crippen LogP contribution in [0.1, 0.15) is 31.2 Å². The lowest BCUT2D eigenvalue weighted by Gasteiger charge is -2.34. The zero-order valence-electron chi connectivity index (χ0n) is 15.8. The molecule has 2 heterocycles. The summed E-state index contributed by atoms with van der Waals surface area (Å²) in [5.41, 5.74) is 1.09. The van der Waals surface area contributed by atoms with Crippen LogP contribution in [0.15, 0.2) is 42.6 Å². The Bertz CT molecular complexity index is 874. The highest BCUT2D eigenvalue weighted by Crippen LogP contribution is 2.16. The number of hydrogen-bond donors (Lipinski definition) is 0. The van der Waals surface area contributed by atoms with E-state index in [2.05, 4.69) is 9.72 Å². The summed E-state index contributed by atoms with van der Waals surface area (Å²) >= 11 is 0. The molecule has 1 aromatic heterocycles. The van der Waals surface area contributed by atoms with Gasteiger partial charge in [-0.1, -0.05) is 6.07 Å². The van der Waals surface area contributed by atoms with E-state index in [4.69, 9.17) is 4.74 Å². The van der Waals surface area contributed by atoms with Crippen molar-refractivity contribution in [1.82, 2.24) is 14.8 Å². The third kappa shape index (κ3) is 4.11. The van der Waals surface area contributed by atoms with Gasteiger partial charge >= 0.3 is 5.97 Å². The van der Waals surface area contributed by atoms with Crippen molar-refractivity contribution >= 4 is 17.8 Å². The van der Waals surface area contributed by atoms with Crippen LogP contribution in [0.5, 0.6) is 5.75 Å². The van der Waals surface area contributed by atoms with Gasteiger partial charge in [0.1, 0.15) is 11.4 Å². The molecule has 28 heavy (non-hydrogen) atoms. The predicted octanol–water partition coefficient (Wildman–Crippen LogP) is 1.48. The average Bonchev–Trinajstić information content (AvgIpc) is 2.77. The summed E-state index contributed by atoms with van der Waals surface area (Å²) in [6, 6.07) is 10.0. The Morgan fingerprint density at radius 1 is 0.893 bits per heavy atom. The molecule has 1 aromatic carbocycles. The van der Waals surface area contributed by atoms with Crippen molar-refractivity contribution < 1.29 is 23.9 Å². The number of carbonyl (C=O) groups excluding carboxylic acids is 3. The maximum Gasteiger partial charge on any atom is 0.339 e. The Balaban J connectivity index is 1.60. The molecule has 0 aliphatic carbocycles. The smallest absolute Gasteiger partial charge is 0.339 e. The Kier molecular flexibility index (Phi) is 5.88. The fraction of sp³-hybridized carbons (Fsp3) is 0.300. The first-order valence-corrected chi connectivity index (χ1v) is 8.80. The van der Waals surface area contributed by atoms with E-state index in [0.717, 1.165) is 0 Å². The largest absolute Gasteiger partial charge is 0.497 e. The number of hydrogen-bond acceptors (Lipinski definition) is 6. The SMILES string of the molecule is COC(=O)c1ccc(C(=O)N2CCN(C(=O)c3cccc(OC)c3)CC2)nc1. The minimum Gasteiger partial charge on any atom is -0.497 e. The summed E-state index contributed by atoms with van der Waals surface area (Å²) in [6.07, 6.45) is 1.32. The lowest BCUT2D eigenvalue weighted by atomic mass is 10.1. The van der Waals surface area contributed by atoms with Gasteiger partial charge in [-0.15, -0.1) is 0 Å². The van der Waals surface area contributed by atoms with Crippen LogP contribution in [0.2, 0.25) is 0 Å². The van der Waals surface area contributed by atoms with E-state index in [9.17, 15) is 14.4 Å². The molecule has 8 nitrogen and oxygen atoms in total. The number of nitrogens with zero attached hydrogens (tertiary/aromatic N) is 3. The third-order valence-corrected chi connectivity index (χ3v) is 4.57. The molecule has 0 atom stereocenters. The third-order valence-electron chi connectivity index (χ3n) is 4.57. The second kappa shape index (κ2) is 8.51. The van der Waals surface area contributed by atoms with Gasteiger partial charge in [-0.3, -0.25) is 14.6 Å². The first-order chi connectivity index (χ1) is 13.5. The van der Waals surface area contributed by atoms with Crippen LogP contribution in [-0.2, 0) is 4.74 Å². The quantitative estimate of drug-likeness (QED) is 0.743. The summed E-state index contributed by atoms with van der Waals surface area (Å²) in [5, 5.41) is 0. The highest BCUT2D eigenvalue weighted by Gasteiger charge is 2.26. The van der Waals surface area contributed by atoms with Crippen molar-refractivity contribution in [2.24, 2.45) is 0 Å². The first kappa shape index (κ1) is 19.3. The van der Waals surface area contributed by atoms with E-state index in [0.29, 0.717) is 37.5 Å². The van der Waals surface area contributed by atoms with Crippen molar-refractivity contribution in [2.45, 2.75) is 0 Å². The topological polar surface area (TPSA) is 89.0 Å². The fourth-order valence-electron chi connectivity index (χ4n) is 2.97. The van der Waals surface area contributed by atoms with Crippen LogP contribution < -0.4 is 4.74 Å². The number of benzene rings is 1. The van der Waals surface area contributed by atoms with E-state index >= 15 is 0 Å². The number of methoxy groups -OCH3 is 2. The zero-order chi connectivity index (χ0) is 20.1. The van der Waals surface area contributed by atoms with Crippen LogP contribution in [0.4, 0.5) is 0 Å². The number of pyridine rings is 1. The van der Waals surface area contributed by atoms with Gasteiger partial charge in [0.2, 0.25) is 0 Å². The molecule has 0 radical (unpaired) electrons. The summed E-state index contributed by atoms with van der Waals surface area (Å²) < 4.78 is 9.78. The summed E-state index contributed by atoms with van der Waals surface area (Å²) in [6.45, 7) is 1.69. The van der Waals surface area contributed by atoms with Gasteiger partial charge in [-0.25, -0.2) is 4.79 Å². The van der Waals surface area contributed by atoms with Crippen molar-refractivity contribution in [1.29, 1.82) is 0 Å². The molecule has 3 rings (SSSR count). The van der Waals surface area contributed by atoms with Crippen molar-refractivity contribution in [3.05, 3.63) is 59.4 Å². The van der Waals surface area contributed by atoms with Crippen molar-refractivity contribution in [3.63, 3.8) is 0 Å². The monoisotopic (exact) mass is 383 g/mol. The number of carbonyl (C=O) groups is 3. The predicted molar refractivity (Wildman–Crippen MR) is 100 cm³/mol. The van der Waals surface area contributed by atoms with Crippen LogP contribution in [0.25, 0.3) is 0 Å². The molecule has 2 aromatic rings. The normalized spacial score (nSPS) is 13.8. The van der Waals surface area contributed by atoms with E-state index in [1.54, 1.807) is 41.2 Å².